The quantitative estimate of drug-likeness (QED) is 0.655. The van der Waals surface area contributed by atoms with E-state index in [4.69, 9.17) is 11.6 Å². The zero-order chi connectivity index (χ0) is 12.7. The minimum Gasteiger partial charge on any atom is -0.256 e. The number of unbranched alkanes of at least 4 members (excludes halogenated alkanes) is 3. The summed E-state index contributed by atoms with van der Waals surface area (Å²) in [7, 11) is 0. The summed E-state index contributed by atoms with van der Waals surface area (Å²) in [6.07, 6.45) is 10.9. The maximum atomic E-state index is 5.78. The standard InChI is InChI=1S/C14H23ClN2/c1-4-6-7-8-9-14(3,5-2)12-10-17-13(15)11-16-12/h10-11H,4-9H2,1-3H3. The topological polar surface area (TPSA) is 25.8 Å². The van der Waals surface area contributed by atoms with Crippen molar-refractivity contribution in [1.29, 1.82) is 0 Å². The molecule has 1 aromatic rings. The highest BCUT2D eigenvalue weighted by Crippen LogP contribution is 2.31. The van der Waals surface area contributed by atoms with Gasteiger partial charge in [0.15, 0.2) is 0 Å². The Morgan fingerprint density at radius 3 is 2.41 bits per heavy atom. The molecule has 1 atom stereocenters. The lowest BCUT2D eigenvalue weighted by Gasteiger charge is -2.27. The first-order chi connectivity index (χ1) is 8.12. The van der Waals surface area contributed by atoms with Crippen LogP contribution in [0.15, 0.2) is 12.4 Å². The van der Waals surface area contributed by atoms with E-state index in [1.54, 1.807) is 6.20 Å². The number of hydrogen-bond acceptors (Lipinski definition) is 2. The van der Waals surface area contributed by atoms with Crippen molar-refractivity contribution in [2.75, 3.05) is 0 Å². The lowest BCUT2D eigenvalue weighted by molar-refractivity contribution is 0.384. The first-order valence-electron chi connectivity index (χ1n) is 6.60. The van der Waals surface area contributed by atoms with Crippen LogP contribution in [0, 0.1) is 0 Å². The van der Waals surface area contributed by atoms with Gasteiger partial charge in [-0.15, -0.1) is 0 Å². The lowest BCUT2D eigenvalue weighted by atomic mass is 9.79. The van der Waals surface area contributed by atoms with Crippen molar-refractivity contribution in [3.63, 3.8) is 0 Å². The monoisotopic (exact) mass is 254 g/mol. The van der Waals surface area contributed by atoms with E-state index in [0.29, 0.717) is 5.15 Å². The highest BCUT2D eigenvalue weighted by molar-refractivity contribution is 6.29. The molecule has 0 saturated carbocycles. The number of aromatic nitrogens is 2. The molecular formula is C14H23ClN2. The molecule has 1 heterocycles. The fraction of sp³-hybridized carbons (Fsp3) is 0.714. The third kappa shape index (κ3) is 4.27. The van der Waals surface area contributed by atoms with Crippen molar-refractivity contribution in [3.8, 4) is 0 Å². The molecule has 0 bridgehead atoms. The maximum Gasteiger partial charge on any atom is 0.147 e. The fourth-order valence-corrected chi connectivity index (χ4v) is 2.15. The first kappa shape index (κ1) is 14.4. The molecule has 1 unspecified atom stereocenters. The van der Waals surface area contributed by atoms with Gasteiger partial charge in [0.1, 0.15) is 5.15 Å². The molecule has 0 fully saturated rings. The molecule has 0 aliphatic heterocycles. The zero-order valence-electron chi connectivity index (χ0n) is 11.2. The maximum absolute atomic E-state index is 5.78. The zero-order valence-corrected chi connectivity index (χ0v) is 11.9. The number of nitrogens with zero attached hydrogens (tertiary/aromatic N) is 2. The van der Waals surface area contributed by atoms with Crippen molar-refractivity contribution in [1.82, 2.24) is 9.97 Å². The predicted octanol–water partition coefficient (Wildman–Crippen LogP) is 4.77. The fourth-order valence-electron chi connectivity index (χ4n) is 2.05. The second-order valence-corrected chi connectivity index (χ2v) is 5.34. The molecule has 0 aliphatic rings. The van der Waals surface area contributed by atoms with Crippen LogP contribution in [0.3, 0.4) is 0 Å². The van der Waals surface area contributed by atoms with Gasteiger partial charge in [-0.1, -0.05) is 58.1 Å². The summed E-state index contributed by atoms with van der Waals surface area (Å²) in [5.74, 6) is 0. The van der Waals surface area contributed by atoms with Crippen LogP contribution in [0.1, 0.15) is 65.0 Å². The summed E-state index contributed by atoms with van der Waals surface area (Å²) < 4.78 is 0. The highest BCUT2D eigenvalue weighted by Gasteiger charge is 2.25. The molecule has 2 nitrogen and oxygen atoms in total. The van der Waals surface area contributed by atoms with Crippen LogP contribution in [0.4, 0.5) is 0 Å². The first-order valence-corrected chi connectivity index (χ1v) is 6.98. The van der Waals surface area contributed by atoms with Gasteiger partial charge >= 0.3 is 0 Å². The Hall–Kier alpha value is -0.630. The van der Waals surface area contributed by atoms with Gasteiger partial charge in [-0.25, -0.2) is 4.98 Å². The summed E-state index contributed by atoms with van der Waals surface area (Å²) >= 11 is 5.78. The third-order valence-corrected chi connectivity index (χ3v) is 3.80. The van der Waals surface area contributed by atoms with Crippen molar-refractivity contribution in [2.24, 2.45) is 0 Å². The van der Waals surface area contributed by atoms with Crippen molar-refractivity contribution < 1.29 is 0 Å². The molecule has 17 heavy (non-hydrogen) atoms. The minimum atomic E-state index is 0.144. The Morgan fingerprint density at radius 1 is 1.12 bits per heavy atom. The van der Waals surface area contributed by atoms with Crippen LogP contribution in [-0.2, 0) is 5.41 Å². The molecule has 0 aliphatic carbocycles. The van der Waals surface area contributed by atoms with Gasteiger partial charge < -0.3 is 0 Å². The Balaban J connectivity index is 2.63. The van der Waals surface area contributed by atoms with Gasteiger partial charge in [0.05, 0.1) is 18.1 Å². The second kappa shape index (κ2) is 6.95. The number of hydrogen-bond donors (Lipinski definition) is 0. The van der Waals surface area contributed by atoms with E-state index in [1.807, 2.05) is 6.20 Å². The largest absolute Gasteiger partial charge is 0.256 e. The molecule has 1 aromatic heterocycles. The molecule has 0 aromatic carbocycles. The molecule has 0 saturated heterocycles. The molecular weight excluding hydrogens is 232 g/mol. The highest BCUT2D eigenvalue weighted by atomic mass is 35.5. The molecule has 0 N–H and O–H groups in total. The van der Waals surface area contributed by atoms with Crippen LogP contribution in [0.25, 0.3) is 0 Å². The van der Waals surface area contributed by atoms with E-state index in [1.165, 1.54) is 32.1 Å². The summed E-state index contributed by atoms with van der Waals surface area (Å²) in [6.45, 7) is 6.73. The van der Waals surface area contributed by atoms with Gasteiger partial charge in [-0.2, -0.15) is 0 Å². The molecule has 3 heteroatoms. The van der Waals surface area contributed by atoms with E-state index in [-0.39, 0.29) is 5.41 Å². The molecule has 0 amide bonds. The van der Waals surface area contributed by atoms with Gasteiger partial charge in [-0.3, -0.25) is 4.98 Å². The molecule has 0 spiro atoms. The summed E-state index contributed by atoms with van der Waals surface area (Å²) in [4.78, 5) is 8.57. The second-order valence-electron chi connectivity index (χ2n) is 4.95. The summed E-state index contributed by atoms with van der Waals surface area (Å²) in [5.41, 5.74) is 1.21. The van der Waals surface area contributed by atoms with E-state index >= 15 is 0 Å². The van der Waals surface area contributed by atoms with Crippen molar-refractivity contribution in [2.45, 2.75) is 64.7 Å². The molecule has 96 valence electrons. The van der Waals surface area contributed by atoms with Gasteiger partial charge in [0, 0.05) is 5.41 Å². The van der Waals surface area contributed by atoms with Crippen LogP contribution in [0.5, 0.6) is 0 Å². The molecule has 0 radical (unpaired) electrons. The Bertz CT molecular complexity index is 323. The van der Waals surface area contributed by atoms with Gasteiger partial charge in [-0.05, 0) is 12.8 Å². The van der Waals surface area contributed by atoms with E-state index in [0.717, 1.165) is 12.1 Å². The predicted molar refractivity (Wildman–Crippen MR) is 73.4 cm³/mol. The normalized spacial score (nSPS) is 14.6. The van der Waals surface area contributed by atoms with Gasteiger partial charge in [0.2, 0.25) is 0 Å². The Morgan fingerprint density at radius 2 is 1.88 bits per heavy atom. The smallest absolute Gasteiger partial charge is 0.147 e. The lowest BCUT2D eigenvalue weighted by Crippen LogP contribution is -2.22. The van der Waals surface area contributed by atoms with E-state index < -0.39 is 0 Å². The van der Waals surface area contributed by atoms with Crippen molar-refractivity contribution in [3.05, 3.63) is 23.2 Å². The summed E-state index contributed by atoms with van der Waals surface area (Å²) in [5, 5.41) is 0.471. The Kier molecular flexibility index (Phi) is 5.90. The molecule has 1 rings (SSSR count). The third-order valence-electron chi connectivity index (χ3n) is 3.60. The SMILES string of the molecule is CCCCCCC(C)(CC)c1cnc(Cl)cn1. The average Bonchev–Trinajstić information content (AvgIpc) is 2.35. The average molecular weight is 255 g/mol. The number of halogens is 1. The summed E-state index contributed by atoms with van der Waals surface area (Å²) in [6, 6.07) is 0. The van der Waals surface area contributed by atoms with Crippen LogP contribution in [0.2, 0.25) is 5.15 Å². The van der Waals surface area contributed by atoms with Crippen LogP contribution >= 0.6 is 11.6 Å². The van der Waals surface area contributed by atoms with Crippen LogP contribution in [-0.4, -0.2) is 9.97 Å². The van der Waals surface area contributed by atoms with Crippen molar-refractivity contribution >= 4 is 11.6 Å². The van der Waals surface area contributed by atoms with Gasteiger partial charge in [0.25, 0.3) is 0 Å². The Labute approximate surface area is 110 Å². The van der Waals surface area contributed by atoms with E-state index in [2.05, 4.69) is 30.7 Å². The number of rotatable bonds is 7. The van der Waals surface area contributed by atoms with Crippen LogP contribution < -0.4 is 0 Å². The van der Waals surface area contributed by atoms with E-state index in [9.17, 15) is 0 Å². The minimum absolute atomic E-state index is 0.144.